The smallest absolute Gasteiger partial charge is 0.337 e. The molecule has 34 heavy (non-hydrogen) atoms. The lowest BCUT2D eigenvalue weighted by Gasteiger charge is -2.23. The third-order valence-corrected chi connectivity index (χ3v) is 5.35. The summed E-state index contributed by atoms with van der Waals surface area (Å²) in [5.74, 6) is -5.29. The third kappa shape index (κ3) is 4.05. The lowest BCUT2D eigenvalue weighted by Crippen LogP contribution is -2.20. The number of rotatable bonds is 6. The van der Waals surface area contributed by atoms with Crippen LogP contribution in [0.3, 0.4) is 0 Å². The molecule has 0 radical (unpaired) electrons. The minimum atomic E-state index is -1.62. The van der Waals surface area contributed by atoms with Gasteiger partial charge in [0.25, 0.3) is 0 Å². The Labute approximate surface area is 190 Å². The van der Waals surface area contributed by atoms with E-state index in [2.05, 4.69) is 0 Å². The number of carboxylic acid groups (broad SMARTS) is 4. The van der Waals surface area contributed by atoms with Crippen LogP contribution in [0.25, 0.3) is 0 Å². The molecular formula is C24H14O10. The molecule has 2 atom stereocenters. The maximum absolute atomic E-state index is 11.7. The Morgan fingerprint density at radius 1 is 0.647 bits per heavy atom. The molecule has 10 heteroatoms. The van der Waals surface area contributed by atoms with E-state index >= 15 is 0 Å². The van der Waals surface area contributed by atoms with Crippen molar-refractivity contribution in [3.8, 4) is 0 Å². The van der Waals surface area contributed by atoms with E-state index in [1.165, 1.54) is 48.3 Å². The highest BCUT2D eigenvalue weighted by Crippen LogP contribution is 2.39. The van der Waals surface area contributed by atoms with Crippen LogP contribution in [0.2, 0.25) is 0 Å². The predicted molar refractivity (Wildman–Crippen MR) is 113 cm³/mol. The summed E-state index contributed by atoms with van der Waals surface area (Å²) in [6.07, 6.45) is 4.75. The Kier molecular flexibility index (Phi) is 6.40. The van der Waals surface area contributed by atoms with Gasteiger partial charge in [0.1, 0.15) is 11.9 Å². The van der Waals surface area contributed by atoms with Crippen molar-refractivity contribution in [2.45, 2.75) is 11.8 Å². The Bertz CT molecular complexity index is 1270. The molecule has 3 rings (SSSR count). The number of carboxylic acids is 4. The van der Waals surface area contributed by atoms with Crippen molar-refractivity contribution >= 4 is 35.8 Å². The average Bonchev–Trinajstić information content (AvgIpc) is 2.81. The molecule has 4 N–H and O–H groups in total. The highest BCUT2D eigenvalue weighted by Gasteiger charge is 2.34. The van der Waals surface area contributed by atoms with Gasteiger partial charge in [-0.15, -0.1) is 0 Å². The molecule has 0 saturated carbocycles. The zero-order valence-corrected chi connectivity index (χ0v) is 17.0. The maximum Gasteiger partial charge on any atom is 0.337 e. The number of hydrogen-bond donors (Lipinski definition) is 4. The highest BCUT2D eigenvalue weighted by molar-refractivity contribution is 6.08. The molecule has 0 aliphatic heterocycles. The first-order valence-electron chi connectivity index (χ1n) is 9.51. The second-order valence-corrected chi connectivity index (χ2v) is 7.17. The lowest BCUT2D eigenvalue weighted by atomic mass is 9.77. The Morgan fingerprint density at radius 2 is 1.03 bits per heavy atom. The summed E-state index contributed by atoms with van der Waals surface area (Å²) in [6.45, 7) is 0. The number of carbonyl (C=O) groups excluding carboxylic acids is 2. The van der Waals surface area contributed by atoms with E-state index in [4.69, 9.17) is 0 Å². The van der Waals surface area contributed by atoms with Crippen molar-refractivity contribution in [1.29, 1.82) is 0 Å². The molecular weight excluding hydrogens is 448 g/mol. The number of aliphatic carboxylic acids is 4. The fourth-order valence-electron chi connectivity index (χ4n) is 3.89. The summed E-state index contributed by atoms with van der Waals surface area (Å²) in [5, 5.41) is 37.5. The summed E-state index contributed by atoms with van der Waals surface area (Å²) in [5.41, 5.74) is -2.78. The molecule has 170 valence electrons. The van der Waals surface area contributed by atoms with E-state index in [0.717, 1.165) is 12.2 Å². The van der Waals surface area contributed by atoms with Crippen molar-refractivity contribution in [3.63, 3.8) is 0 Å². The number of benzene rings is 1. The van der Waals surface area contributed by atoms with Gasteiger partial charge in [0, 0.05) is 11.8 Å². The molecule has 0 fully saturated rings. The van der Waals surface area contributed by atoms with Gasteiger partial charge in [0.15, 0.2) is 0 Å². The fraction of sp³-hybridized carbons (Fsp3) is 0.0833. The summed E-state index contributed by atoms with van der Waals surface area (Å²) < 4.78 is 0. The van der Waals surface area contributed by atoms with Crippen LogP contribution in [0.5, 0.6) is 0 Å². The van der Waals surface area contributed by atoms with Gasteiger partial charge in [-0.3, -0.25) is 0 Å². The van der Waals surface area contributed by atoms with Gasteiger partial charge in [-0.2, -0.15) is 0 Å². The van der Waals surface area contributed by atoms with Crippen LogP contribution in [0, 0.1) is 0 Å². The van der Waals surface area contributed by atoms with Gasteiger partial charge >= 0.3 is 23.9 Å². The van der Waals surface area contributed by atoms with Crippen LogP contribution in [0.15, 0.2) is 82.0 Å². The van der Waals surface area contributed by atoms with Crippen LogP contribution in [0.1, 0.15) is 23.0 Å². The minimum Gasteiger partial charge on any atom is -0.478 e. The molecule has 0 saturated heterocycles. The molecule has 2 aliphatic rings. The highest BCUT2D eigenvalue weighted by atomic mass is 16.4. The van der Waals surface area contributed by atoms with Crippen molar-refractivity contribution in [2.75, 3.05) is 0 Å². The van der Waals surface area contributed by atoms with Crippen LogP contribution in [-0.4, -0.2) is 56.2 Å². The van der Waals surface area contributed by atoms with E-state index in [1.807, 2.05) is 0 Å². The molecule has 2 aliphatic carbocycles. The number of hydrogen-bond acceptors (Lipinski definition) is 6. The first kappa shape index (κ1) is 23.6. The van der Waals surface area contributed by atoms with E-state index in [0.29, 0.717) is 11.1 Å². The fourth-order valence-corrected chi connectivity index (χ4v) is 3.89. The monoisotopic (exact) mass is 462 g/mol. The molecule has 2 unspecified atom stereocenters. The number of carbonyl (C=O) groups is 4. The summed E-state index contributed by atoms with van der Waals surface area (Å²) in [7, 11) is 0. The third-order valence-electron chi connectivity index (χ3n) is 5.35. The van der Waals surface area contributed by atoms with Crippen LogP contribution in [0.4, 0.5) is 0 Å². The lowest BCUT2D eigenvalue weighted by molar-refractivity contribution is -0.135. The van der Waals surface area contributed by atoms with Gasteiger partial charge in [-0.05, 0) is 23.3 Å². The van der Waals surface area contributed by atoms with Crippen LogP contribution >= 0.6 is 0 Å². The molecule has 0 spiro atoms. The zero-order valence-electron chi connectivity index (χ0n) is 17.0. The van der Waals surface area contributed by atoms with Crippen LogP contribution < -0.4 is 0 Å². The van der Waals surface area contributed by atoms with Crippen molar-refractivity contribution in [2.24, 2.45) is 0 Å². The predicted octanol–water partition coefficient (Wildman–Crippen LogP) is 1.44. The zero-order chi connectivity index (χ0) is 25.2. The average molecular weight is 462 g/mol. The Morgan fingerprint density at radius 3 is 1.32 bits per heavy atom. The Balaban J connectivity index is 2.11. The molecule has 1 aromatic carbocycles. The van der Waals surface area contributed by atoms with E-state index in [-0.39, 0.29) is 0 Å². The molecule has 0 bridgehead atoms. The van der Waals surface area contributed by atoms with E-state index < -0.39 is 69.2 Å². The van der Waals surface area contributed by atoms with E-state index in [1.54, 1.807) is 0 Å². The van der Waals surface area contributed by atoms with Gasteiger partial charge in [0.05, 0.1) is 33.4 Å². The summed E-state index contributed by atoms with van der Waals surface area (Å²) in [4.78, 5) is 69.5. The molecule has 1 aromatic rings. The molecule has 10 nitrogen and oxygen atoms in total. The van der Waals surface area contributed by atoms with Crippen molar-refractivity contribution in [1.82, 2.24) is 0 Å². The van der Waals surface area contributed by atoms with Gasteiger partial charge in [-0.25, -0.2) is 28.8 Å². The topological polar surface area (TPSA) is 183 Å². The second kappa shape index (κ2) is 9.22. The molecule has 0 heterocycles. The summed E-state index contributed by atoms with van der Waals surface area (Å²) in [6, 6.07) is 6.02. The van der Waals surface area contributed by atoms with E-state index in [9.17, 15) is 49.2 Å². The van der Waals surface area contributed by atoms with Crippen LogP contribution in [-0.2, 0) is 28.8 Å². The van der Waals surface area contributed by atoms with Gasteiger partial charge in [0.2, 0.25) is 0 Å². The van der Waals surface area contributed by atoms with Gasteiger partial charge < -0.3 is 20.4 Å². The SMILES string of the molecule is O=C=C1C(C(=O)O)=C(C(=O)O)C=CC1c1cccc(C2C=CC(C(=O)O)=C(C(=O)O)C2=C=O)c1. The summed E-state index contributed by atoms with van der Waals surface area (Å²) >= 11 is 0. The number of allylic oxidation sites excluding steroid dienone is 2. The van der Waals surface area contributed by atoms with Gasteiger partial charge in [-0.1, -0.05) is 36.4 Å². The first-order valence-corrected chi connectivity index (χ1v) is 9.51. The largest absolute Gasteiger partial charge is 0.478 e. The minimum absolute atomic E-state index is 0.332. The second-order valence-electron chi connectivity index (χ2n) is 7.17. The Hall–Kier alpha value is -5.04. The first-order chi connectivity index (χ1) is 16.1. The molecule has 0 aromatic heterocycles. The van der Waals surface area contributed by atoms with Crippen molar-refractivity contribution in [3.05, 3.63) is 93.1 Å². The standard InChI is InChI=1S/C24H14O10/c25-9-17-13(4-6-15(21(27)28)19(17)23(31)32)11-2-1-3-12(8-11)14-5-7-16(22(29)30)20(24(33)34)18(14)10-26/h1-8,13-14H,(H,27,28)(H,29,30)(H,31,32)(H,33,34). The quantitative estimate of drug-likeness (QED) is 0.451. The van der Waals surface area contributed by atoms with Crippen molar-refractivity contribution < 1.29 is 49.2 Å². The maximum atomic E-state index is 11.7. The normalized spacial score (nSPS) is 19.5. The molecule has 0 amide bonds.